The van der Waals surface area contributed by atoms with Crippen LogP contribution in [0.25, 0.3) is 0 Å². The second kappa shape index (κ2) is 5.27. The number of para-hydroxylation sites is 1. The van der Waals surface area contributed by atoms with E-state index in [4.69, 9.17) is 17.3 Å². The van der Waals surface area contributed by atoms with Crippen molar-refractivity contribution in [1.82, 2.24) is 0 Å². The van der Waals surface area contributed by atoms with Gasteiger partial charge in [0, 0.05) is 13.6 Å². The number of hydrogen-bond acceptors (Lipinski definition) is 2. The summed E-state index contributed by atoms with van der Waals surface area (Å²) >= 11 is 5.98. The minimum absolute atomic E-state index is 0.233. The van der Waals surface area contributed by atoms with Gasteiger partial charge in [-0.25, -0.2) is 4.39 Å². The standard InChI is InChI=1S/C14H14ClFN2/c1-18(9-10-5-7-11(16)8-6-10)13-4-2-3-12(15)14(13)17/h2-8H,9,17H2,1H3. The van der Waals surface area contributed by atoms with Crippen LogP contribution in [0.2, 0.25) is 5.02 Å². The fourth-order valence-corrected chi connectivity index (χ4v) is 1.98. The zero-order valence-corrected chi connectivity index (χ0v) is 10.8. The average Bonchev–Trinajstić information content (AvgIpc) is 2.35. The molecule has 0 aliphatic heterocycles. The topological polar surface area (TPSA) is 29.3 Å². The fourth-order valence-electron chi connectivity index (χ4n) is 1.81. The summed E-state index contributed by atoms with van der Waals surface area (Å²) in [5.74, 6) is -0.233. The Bertz CT molecular complexity index is 540. The first-order valence-corrected chi connectivity index (χ1v) is 5.95. The van der Waals surface area contributed by atoms with Gasteiger partial charge in [-0.3, -0.25) is 0 Å². The summed E-state index contributed by atoms with van der Waals surface area (Å²) in [6.07, 6.45) is 0. The number of halogens is 2. The molecule has 2 aromatic rings. The molecule has 4 heteroatoms. The third-order valence-electron chi connectivity index (χ3n) is 2.77. The van der Waals surface area contributed by atoms with Gasteiger partial charge in [0.2, 0.25) is 0 Å². The third-order valence-corrected chi connectivity index (χ3v) is 3.10. The molecule has 0 aliphatic rings. The van der Waals surface area contributed by atoms with Crippen molar-refractivity contribution in [3.63, 3.8) is 0 Å². The Balaban J connectivity index is 2.19. The highest BCUT2D eigenvalue weighted by molar-refractivity contribution is 6.33. The van der Waals surface area contributed by atoms with Crippen LogP contribution in [0.3, 0.4) is 0 Å². The zero-order valence-electron chi connectivity index (χ0n) is 10.0. The minimum Gasteiger partial charge on any atom is -0.396 e. The number of anilines is 2. The van der Waals surface area contributed by atoms with Crippen molar-refractivity contribution in [2.75, 3.05) is 17.7 Å². The van der Waals surface area contributed by atoms with Gasteiger partial charge in [-0.15, -0.1) is 0 Å². The first kappa shape index (κ1) is 12.7. The lowest BCUT2D eigenvalue weighted by Gasteiger charge is -2.21. The molecule has 0 saturated heterocycles. The Morgan fingerprint density at radius 2 is 1.83 bits per heavy atom. The average molecular weight is 265 g/mol. The normalized spacial score (nSPS) is 10.4. The lowest BCUT2D eigenvalue weighted by molar-refractivity contribution is 0.627. The Labute approximate surface area is 111 Å². The van der Waals surface area contributed by atoms with Crippen LogP contribution in [0.15, 0.2) is 42.5 Å². The molecule has 2 N–H and O–H groups in total. The molecule has 0 bridgehead atoms. The third kappa shape index (κ3) is 2.74. The monoisotopic (exact) mass is 264 g/mol. The highest BCUT2D eigenvalue weighted by atomic mass is 35.5. The maximum absolute atomic E-state index is 12.8. The van der Waals surface area contributed by atoms with Gasteiger partial charge in [-0.05, 0) is 29.8 Å². The molecule has 2 rings (SSSR count). The van der Waals surface area contributed by atoms with E-state index in [1.807, 2.05) is 24.1 Å². The quantitative estimate of drug-likeness (QED) is 0.857. The summed E-state index contributed by atoms with van der Waals surface area (Å²) in [5.41, 5.74) is 8.37. The Kier molecular flexibility index (Phi) is 3.72. The Morgan fingerprint density at radius 1 is 1.17 bits per heavy atom. The molecule has 0 saturated carbocycles. The summed E-state index contributed by atoms with van der Waals surface area (Å²) in [5, 5.41) is 0.540. The summed E-state index contributed by atoms with van der Waals surface area (Å²) in [7, 11) is 1.92. The van der Waals surface area contributed by atoms with Crippen molar-refractivity contribution in [1.29, 1.82) is 0 Å². The number of nitrogens with two attached hydrogens (primary N) is 1. The first-order chi connectivity index (χ1) is 8.58. The smallest absolute Gasteiger partial charge is 0.123 e. The second-order valence-corrected chi connectivity index (χ2v) is 4.56. The van der Waals surface area contributed by atoms with Crippen LogP contribution in [0.1, 0.15) is 5.56 Å². The molecule has 0 heterocycles. The molecule has 0 fully saturated rings. The van der Waals surface area contributed by atoms with Crippen LogP contribution < -0.4 is 10.6 Å². The van der Waals surface area contributed by atoms with Gasteiger partial charge in [0.15, 0.2) is 0 Å². The van der Waals surface area contributed by atoms with Crippen LogP contribution in [0.5, 0.6) is 0 Å². The SMILES string of the molecule is CN(Cc1ccc(F)cc1)c1cccc(Cl)c1N. The van der Waals surface area contributed by atoms with E-state index in [9.17, 15) is 4.39 Å². The van der Waals surface area contributed by atoms with Gasteiger partial charge >= 0.3 is 0 Å². The first-order valence-electron chi connectivity index (χ1n) is 5.57. The van der Waals surface area contributed by atoms with Crippen molar-refractivity contribution < 1.29 is 4.39 Å². The molecule has 2 nitrogen and oxygen atoms in total. The summed E-state index contributed by atoms with van der Waals surface area (Å²) in [4.78, 5) is 1.98. The molecule has 0 unspecified atom stereocenters. The van der Waals surface area contributed by atoms with Crippen LogP contribution in [0.4, 0.5) is 15.8 Å². The van der Waals surface area contributed by atoms with E-state index in [0.29, 0.717) is 17.3 Å². The van der Waals surface area contributed by atoms with Gasteiger partial charge in [-0.2, -0.15) is 0 Å². The summed E-state index contributed by atoms with van der Waals surface area (Å²) in [6, 6.07) is 11.9. The van der Waals surface area contributed by atoms with Gasteiger partial charge in [0.05, 0.1) is 16.4 Å². The van der Waals surface area contributed by atoms with Crippen LogP contribution >= 0.6 is 11.6 Å². The molecule has 0 amide bonds. The predicted octanol–water partition coefficient (Wildman–Crippen LogP) is 3.70. The number of rotatable bonds is 3. The summed E-state index contributed by atoms with van der Waals surface area (Å²) in [6.45, 7) is 0.644. The van der Waals surface area contributed by atoms with Crippen molar-refractivity contribution in [3.8, 4) is 0 Å². The van der Waals surface area contributed by atoms with E-state index in [1.54, 1.807) is 18.2 Å². The van der Waals surface area contributed by atoms with E-state index in [1.165, 1.54) is 12.1 Å². The van der Waals surface area contributed by atoms with E-state index < -0.39 is 0 Å². The number of benzene rings is 2. The predicted molar refractivity (Wildman–Crippen MR) is 74.4 cm³/mol. The molecule has 18 heavy (non-hydrogen) atoms. The fraction of sp³-hybridized carbons (Fsp3) is 0.143. The second-order valence-electron chi connectivity index (χ2n) is 4.16. The lowest BCUT2D eigenvalue weighted by Crippen LogP contribution is -2.17. The maximum Gasteiger partial charge on any atom is 0.123 e. The van der Waals surface area contributed by atoms with Gasteiger partial charge < -0.3 is 10.6 Å². The maximum atomic E-state index is 12.8. The number of nitrogen functional groups attached to an aromatic ring is 1. The lowest BCUT2D eigenvalue weighted by atomic mass is 10.2. The molecule has 0 atom stereocenters. The van der Waals surface area contributed by atoms with Gasteiger partial charge in [-0.1, -0.05) is 29.8 Å². The highest BCUT2D eigenvalue weighted by Crippen LogP contribution is 2.30. The van der Waals surface area contributed by atoms with Crippen molar-refractivity contribution in [2.45, 2.75) is 6.54 Å². The van der Waals surface area contributed by atoms with Crippen molar-refractivity contribution in [2.24, 2.45) is 0 Å². The Hall–Kier alpha value is -1.74. The van der Waals surface area contributed by atoms with Crippen molar-refractivity contribution >= 4 is 23.0 Å². The molecule has 94 valence electrons. The summed E-state index contributed by atoms with van der Waals surface area (Å²) < 4.78 is 12.8. The van der Waals surface area contributed by atoms with E-state index in [0.717, 1.165) is 11.3 Å². The van der Waals surface area contributed by atoms with Crippen LogP contribution in [0, 0.1) is 5.82 Å². The van der Waals surface area contributed by atoms with Gasteiger partial charge in [0.25, 0.3) is 0 Å². The zero-order chi connectivity index (χ0) is 13.1. The Morgan fingerprint density at radius 3 is 2.50 bits per heavy atom. The number of hydrogen-bond donors (Lipinski definition) is 1. The van der Waals surface area contributed by atoms with Gasteiger partial charge in [0.1, 0.15) is 5.82 Å². The molecule has 2 aromatic carbocycles. The molecular weight excluding hydrogens is 251 g/mol. The molecule has 0 aliphatic carbocycles. The van der Waals surface area contributed by atoms with E-state index in [2.05, 4.69) is 0 Å². The minimum atomic E-state index is -0.233. The van der Waals surface area contributed by atoms with Crippen LogP contribution in [-0.4, -0.2) is 7.05 Å². The van der Waals surface area contributed by atoms with E-state index >= 15 is 0 Å². The highest BCUT2D eigenvalue weighted by Gasteiger charge is 2.08. The molecule has 0 aromatic heterocycles. The molecule has 0 radical (unpaired) electrons. The van der Waals surface area contributed by atoms with Crippen LogP contribution in [-0.2, 0) is 6.54 Å². The largest absolute Gasteiger partial charge is 0.396 e. The molecular formula is C14H14ClFN2. The molecule has 0 spiro atoms. The number of nitrogens with zero attached hydrogens (tertiary/aromatic N) is 1. The van der Waals surface area contributed by atoms with Crippen molar-refractivity contribution in [3.05, 3.63) is 58.9 Å². The van der Waals surface area contributed by atoms with E-state index in [-0.39, 0.29) is 5.82 Å².